The van der Waals surface area contributed by atoms with E-state index in [-0.39, 0.29) is 0 Å². The zero-order chi connectivity index (χ0) is 21.6. The Kier molecular flexibility index (Phi) is 5.93. The van der Waals surface area contributed by atoms with E-state index < -0.39 is 0 Å². The molecule has 156 valence electrons. The number of hydrogen-bond donors (Lipinski definition) is 0. The maximum atomic E-state index is 3.54. The molecule has 4 aromatic rings. The molecule has 0 aromatic heterocycles. The largest absolute Gasteiger partial charge is 0.303 e. The van der Waals surface area contributed by atoms with Gasteiger partial charge >= 0.3 is 0 Å². The molecular formula is C31H28N+. The van der Waals surface area contributed by atoms with E-state index in [0.29, 0.717) is 0 Å². The van der Waals surface area contributed by atoms with E-state index in [1.165, 1.54) is 53.9 Å². The number of rotatable bonds is 2. The molecule has 1 saturated heterocycles. The van der Waals surface area contributed by atoms with E-state index in [1.54, 1.807) is 0 Å². The summed E-state index contributed by atoms with van der Waals surface area (Å²) in [5.74, 6) is 14.0. The van der Waals surface area contributed by atoms with Crippen molar-refractivity contribution in [1.29, 1.82) is 0 Å². The maximum Gasteiger partial charge on any atom is 0.142 e. The Morgan fingerprint density at radius 2 is 1.00 bits per heavy atom. The van der Waals surface area contributed by atoms with E-state index in [0.717, 1.165) is 28.7 Å². The van der Waals surface area contributed by atoms with Gasteiger partial charge in [0, 0.05) is 11.1 Å². The zero-order valence-corrected chi connectivity index (χ0v) is 18.5. The monoisotopic (exact) mass is 414 g/mol. The van der Waals surface area contributed by atoms with Crippen molar-refractivity contribution < 1.29 is 4.48 Å². The lowest BCUT2D eigenvalue weighted by Crippen LogP contribution is -2.52. The molecule has 4 aromatic carbocycles. The van der Waals surface area contributed by atoms with Gasteiger partial charge in [0.05, 0.1) is 13.1 Å². The van der Waals surface area contributed by atoms with Crippen molar-refractivity contribution in [3.63, 3.8) is 0 Å². The second-order valence-corrected chi connectivity index (χ2v) is 8.82. The van der Waals surface area contributed by atoms with Gasteiger partial charge in [-0.3, -0.25) is 0 Å². The van der Waals surface area contributed by atoms with Crippen LogP contribution in [0.1, 0.15) is 30.4 Å². The van der Waals surface area contributed by atoms with Gasteiger partial charge in [0.1, 0.15) is 13.1 Å². The molecule has 0 N–H and O–H groups in total. The Labute approximate surface area is 191 Å². The van der Waals surface area contributed by atoms with Gasteiger partial charge in [-0.2, -0.15) is 0 Å². The zero-order valence-electron chi connectivity index (χ0n) is 18.5. The quantitative estimate of drug-likeness (QED) is 0.263. The van der Waals surface area contributed by atoms with Crippen molar-refractivity contribution in [2.75, 3.05) is 26.2 Å². The molecule has 0 saturated carbocycles. The van der Waals surface area contributed by atoms with Crippen LogP contribution in [0, 0.1) is 23.7 Å². The average molecular weight is 415 g/mol. The van der Waals surface area contributed by atoms with Crippen molar-refractivity contribution in [3.8, 4) is 23.7 Å². The third-order valence-electron chi connectivity index (χ3n) is 6.62. The van der Waals surface area contributed by atoms with Crippen LogP contribution in [-0.4, -0.2) is 30.7 Å². The first kappa shape index (κ1) is 20.4. The molecule has 1 heterocycles. The minimum atomic E-state index is 0.868. The number of piperidine rings is 1. The first-order valence-corrected chi connectivity index (χ1v) is 11.6. The molecule has 32 heavy (non-hydrogen) atoms. The number of fused-ring (bicyclic) bond motifs is 2. The van der Waals surface area contributed by atoms with Crippen molar-refractivity contribution in [3.05, 3.63) is 96.1 Å². The lowest BCUT2D eigenvalue weighted by atomic mass is 10.0. The Hall–Kier alpha value is -3.52. The van der Waals surface area contributed by atoms with Crippen molar-refractivity contribution in [2.24, 2.45) is 0 Å². The van der Waals surface area contributed by atoms with Crippen LogP contribution in [0.3, 0.4) is 0 Å². The summed E-state index contributed by atoms with van der Waals surface area (Å²) in [5.41, 5.74) is 2.25. The second-order valence-electron chi connectivity index (χ2n) is 8.82. The van der Waals surface area contributed by atoms with Gasteiger partial charge in [0.2, 0.25) is 0 Å². The highest BCUT2D eigenvalue weighted by atomic mass is 15.3. The van der Waals surface area contributed by atoms with Crippen LogP contribution in [0.25, 0.3) is 21.5 Å². The highest BCUT2D eigenvalue weighted by Crippen LogP contribution is 2.21. The molecule has 0 unspecified atom stereocenters. The van der Waals surface area contributed by atoms with Crippen LogP contribution in [0.4, 0.5) is 0 Å². The smallest absolute Gasteiger partial charge is 0.142 e. The fourth-order valence-corrected chi connectivity index (χ4v) is 4.83. The normalized spacial score (nSPS) is 14.9. The molecule has 0 radical (unpaired) electrons. The average Bonchev–Trinajstić information content (AvgIpc) is 2.85. The van der Waals surface area contributed by atoms with E-state index in [2.05, 4.69) is 109 Å². The summed E-state index contributed by atoms with van der Waals surface area (Å²) in [6.45, 7) is 4.09. The van der Waals surface area contributed by atoms with Crippen molar-refractivity contribution >= 4 is 21.5 Å². The highest BCUT2D eigenvalue weighted by molar-refractivity contribution is 5.88. The lowest BCUT2D eigenvalue weighted by molar-refractivity contribution is -0.919. The number of hydrogen-bond acceptors (Lipinski definition) is 0. The first-order valence-electron chi connectivity index (χ1n) is 11.6. The first-order chi connectivity index (χ1) is 15.8. The molecule has 1 nitrogen and oxygen atoms in total. The van der Waals surface area contributed by atoms with Gasteiger partial charge in [-0.15, -0.1) is 0 Å². The summed E-state index contributed by atoms with van der Waals surface area (Å²) in [6, 6.07) is 29.8. The SMILES string of the molecule is C(#Cc1cccc2ccccc12)C[N+]1(CC#Cc2cccc3ccccc23)CCCCC1. The topological polar surface area (TPSA) is 0 Å². The minimum Gasteiger partial charge on any atom is -0.303 e. The van der Waals surface area contributed by atoms with Gasteiger partial charge in [0.15, 0.2) is 0 Å². The summed E-state index contributed by atoms with van der Waals surface area (Å²) in [5, 5.41) is 4.98. The van der Waals surface area contributed by atoms with Crippen LogP contribution < -0.4 is 0 Å². The van der Waals surface area contributed by atoms with E-state index in [4.69, 9.17) is 0 Å². The van der Waals surface area contributed by atoms with Crippen LogP contribution in [0.15, 0.2) is 84.9 Å². The molecule has 1 fully saturated rings. The molecule has 0 spiro atoms. The van der Waals surface area contributed by atoms with Gasteiger partial charge < -0.3 is 4.48 Å². The van der Waals surface area contributed by atoms with Crippen LogP contribution in [0.2, 0.25) is 0 Å². The van der Waals surface area contributed by atoms with Crippen molar-refractivity contribution in [1.82, 2.24) is 0 Å². The molecule has 1 heteroatoms. The fourth-order valence-electron chi connectivity index (χ4n) is 4.83. The highest BCUT2D eigenvalue weighted by Gasteiger charge is 2.27. The van der Waals surface area contributed by atoms with Gasteiger partial charge in [0.25, 0.3) is 0 Å². The molecular weight excluding hydrogens is 386 g/mol. The molecule has 1 aliphatic rings. The number of nitrogens with zero attached hydrogens (tertiary/aromatic N) is 1. The van der Waals surface area contributed by atoms with E-state index in [9.17, 15) is 0 Å². The molecule has 1 aliphatic heterocycles. The minimum absolute atomic E-state index is 0.868. The maximum absolute atomic E-state index is 3.54. The third kappa shape index (κ3) is 4.40. The predicted octanol–water partition coefficient (Wildman–Crippen LogP) is 6.40. The predicted molar refractivity (Wildman–Crippen MR) is 135 cm³/mol. The Morgan fingerprint density at radius 1 is 0.531 bits per heavy atom. The van der Waals surface area contributed by atoms with Gasteiger partial charge in [-0.1, -0.05) is 84.6 Å². The number of quaternary nitrogens is 1. The Bertz CT molecular complexity index is 1260. The van der Waals surface area contributed by atoms with Gasteiger partial charge in [-0.25, -0.2) is 0 Å². The summed E-state index contributed by atoms with van der Waals surface area (Å²) in [4.78, 5) is 0. The van der Waals surface area contributed by atoms with E-state index in [1.807, 2.05) is 0 Å². The Balaban J connectivity index is 1.38. The van der Waals surface area contributed by atoms with E-state index >= 15 is 0 Å². The summed E-state index contributed by atoms with van der Waals surface area (Å²) >= 11 is 0. The molecule has 5 rings (SSSR count). The number of likely N-dealkylation sites (tertiary alicyclic amines) is 1. The Morgan fingerprint density at radius 3 is 1.53 bits per heavy atom. The van der Waals surface area contributed by atoms with Gasteiger partial charge in [-0.05, 0) is 64.8 Å². The molecule has 0 aliphatic carbocycles. The summed E-state index contributed by atoms with van der Waals surface area (Å²) in [6.07, 6.45) is 3.87. The summed E-state index contributed by atoms with van der Waals surface area (Å²) in [7, 11) is 0. The lowest BCUT2D eigenvalue weighted by Gasteiger charge is -2.38. The molecule has 0 atom stereocenters. The van der Waals surface area contributed by atoms with Crippen LogP contribution in [0.5, 0.6) is 0 Å². The standard InChI is InChI=1S/C31H28N/c1-6-22-32(23-7-1,24-10-18-28-16-8-14-26-12-2-4-20-30(26)28)25-11-19-29-17-9-15-27-13-3-5-21-31(27)29/h2-5,8-9,12-17,20-21H,1,6-7,22-25H2/q+1. The fraction of sp³-hybridized carbons (Fsp3) is 0.226. The number of benzene rings is 4. The van der Waals surface area contributed by atoms with Crippen LogP contribution in [-0.2, 0) is 0 Å². The second kappa shape index (κ2) is 9.32. The third-order valence-corrected chi connectivity index (χ3v) is 6.62. The van der Waals surface area contributed by atoms with Crippen molar-refractivity contribution in [2.45, 2.75) is 19.3 Å². The molecule has 0 amide bonds. The molecule has 0 bridgehead atoms. The summed E-state index contributed by atoms with van der Waals surface area (Å²) < 4.78 is 0.996. The van der Waals surface area contributed by atoms with Crippen LogP contribution >= 0.6 is 0 Å².